The lowest BCUT2D eigenvalue weighted by atomic mass is 9.84. The van der Waals surface area contributed by atoms with Crippen LogP contribution in [0.4, 0.5) is 0 Å². The van der Waals surface area contributed by atoms with Crippen LogP contribution in [0.1, 0.15) is 25.7 Å². The minimum atomic E-state index is 0.624. The van der Waals surface area contributed by atoms with Crippen molar-refractivity contribution in [1.82, 2.24) is 4.90 Å². The van der Waals surface area contributed by atoms with E-state index in [9.17, 15) is 0 Å². The highest BCUT2D eigenvalue weighted by Gasteiger charge is 2.43. The average molecular weight is 197 g/mol. The van der Waals surface area contributed by atoms with Gasteiger partial charge in [0.05, 0.1) is 0 Å². The van der Waals surface area contributed by atoms with Crippen molar-refractivity contribution in [2.45, 2.75) is 25.7 Å². The second kappa shape index (κ2) is 4.17. The highest BCUT2D eigenvalue weighted by atomic mass is 15.2. The predicted octanol–water partition coefficient (Wildman–Crippen LogP) is 0.396. The minimum Gasteiger partial charge on any atom is -0.330 e. The van der Waals surface area contributed by atoms with Crippen molar-refractivity contribution in [1.29, 1.82) is 0 Å². The fourth-order valence-electron chi connectivity index (χ4n) is 3.30. The highest BCUT2D eigenvalue weighted by molar-refractivity contribution is 4.96. The zero-order valence-corrected chi connectivity index (χ0v) is 9.04. The fourth-order valence-corrected chi connectivity index (χ4v) is 3.30. The molecule has 2 atom stereocenters. The van der Waals surface area contributed by atoms with E-state index in [1.54, 1.807) is 0 Å². The Kier molecular flexibility index (Phi) is 3.10. The lowest BCUT2D eigenvalue weighted by Crippen LogP contribution is -2.30. The first kappa shape index (κ1) is 10.4. The van der Waals surface area contributed by atoms with Gasteiger partial charge in [-0.25, -0.2) is 0 Å². The molecule has 2 fully saturated rings. The maximum Gasteiger partial charge on any atom is 0.0105 e. The van der Waals surface area contributed by atoms with Crippen LogP contribution in [0.5, 0.6) is 0 Å². The van der Waals surface area contributed by atoms with E-state index < -0.39 is 0 Å². The van der Waals surface area contributed by atoms with Crippen LogP contribution in [0.25, 0.3) is 0 Å². The molecular formula is C11H23N3. The summed E-state index contributed by atoms with van der Waals surface area (Å²) in [4.78, 5) is 2.53. The summed E-state index contributed by atoms with van der Waals surface area (Å²) >= 11 is 0. The molecule has 14 heavy (non-hydrogen) atoms. The summed E-state index contributed by atoms with van der Waals surface area (Å²) < 4.78 is 0. The summed E-state index contributed by atoms with van der Waals surface area (Å²) in [6, 6.07) is 0. The average Bonchev–Trinajstić information content (AvgIpc) is 2.76. The molecule has 82 valence electrons. The van der Waals surface area contributed by atoms with Crippen LogP contribution in [-0.2, 0) is 0 Å². The van der Waals surface area contributed by atoms with Crippen LogP contribution in [0, 0.1) is 11.3 Å². The van der Waals surface area contributed by atoms with Crippen molar-refractivity contribution in [3.8, 4) is 0 Å². The molecule has 1 aliphatic carbocycles. The van der Waals surface area contributed by atoms with E-state index in [0.717, 1.165) is 25.6 Å². The number of nitrogens with two attached hydrogens (primary N) is 2. The maximum atomic E-state index is 5.74. The topological polar surface area (TPSA) is 55.3 Å². The standard InChI is InChI=1S/C11H23N3/c12-4-6-14-5-3-11(9-14)2-1-10(7-11)8-13/h10H,1-9,12-13H2/t10-,11+/m0/s1. The van der Waals surface area contributed by atoms with Crippen molar-refractivity contribution in [2.24, 2.45) is 22.8 Å². The van der Waals surface area contributed by atoms with Crippen LogP contribution >= 0.6 is 0 Å². The van der Waals surface area contributed by atoms with Crippen molar-refractivity contribution in [3.63, 3.8) is 0 Å². The van der Waals surface area contributed by atoms with Crippen molar-refractivity contribution in [2.75, 3.05) is 32.7 Å². The number of hydrogen-bond donors (Lipinski definition) is 2. The molecular weight excluding hydrogens is 174 g/mol. The van der Waals surface area contributed by atoms with Crippen LogP contribution < -0.4 is 11.5 Å². The Labute approximate surface area is 86.8 Å². The van der Waals surface area contributed by atoms with E-state index in [2.05, 4.69) is 4.90 Å². The van der Waals surface area contributed by atoms with Gasteiger partial charge in [0.2, 0.25) is 0 Å². The fraction of sp³-hybridized carbons (Fsp3) is 1.00. The zero-order chi connectivity index (χ0) is 10.0. The molecule has 0 bridgehead atoms. The van der Waals surface area contributed by atoms with Gasteiger partial charge in [-0.2, -0.15) is 0 Å². The van der Waals surface area contributed by atoms with Crippen molar-refractivity contribution >= 4 is 0 Å². The third-order valence-electron chi connectivity index (χ3n) is 4.10. The molecule has 1 aliphatic heterocycles. The lowest BCUT2D eigenvalue weighted by molar-refractivity contribution is 0.258. The molecule has 0 aromatic carbocycles. The first-order chi connectivity index (χ1) is 6.78. The Balaban J connectivity index is 1.87. The minimum absolute atomic E-state index is 0.624. The molecule has 1 saturated carbocycles. The van der Waals surface area contributed by atoms with Crippen LogP contribution in [0.2, 0.25) is 0 Å². The van der Waals surface area contributed by atoms with Gasteiger partial charge in [0, 0.05) is 19.6 Å². The van der Waals surface area contributed by atoms with Gasteiger partial charge in [0.1, 0.15) is 0 Å². The molecule has 2 rings (SSSR count). The zero-order valence-electron chi connectivity index (χ0n) is 9.04. The summed E-state index contributed by atoms with van der Waals surface area (Å²) in [6.07, 6.45) is 5.50. The second-order valence-electron chi connectivity index (χ2n) is 5.16. The van der Waals surface area contributed by atoms with Crippen molar-refractivity contribution < 1.29 is 0 Å². The van der Waals surface area contributed by atoms with E-state index in [-0.39, 0.29) is 0 Å². The number of hydrogen-bond acceptors (Lipinski definition) is 3. The molecule has 1 spiro atoms. The molecule has 0 aromatic rings. The van der Waals surface area contributed by atoms with Gasteiger partial charge in [0.15, 0.2) is 0 Å². The Bertz CT molecular complexity index is 195. The number of nitrogens with zero attached hydrogens (tertiary/aromatic N) is 1. The van der Waals surface area contributed by atoms with E-state index in [0.29, 0.717) is 5.41 Å². The van der Waals surface area contributed by atoms with E-state index >= 15 is 0 Å². The molecule has 3 heteroatoms. The van der Waals surface area contributed by atoms with E-state index in [4.69, 9.17) is 11.5 Å². The SMILES string of the molecule is NCCN1CC[C@@]2(CC[C@H](CN)C2)C1. The summed E-state index contributed by atoms with van der Waals surface area (Å²) in [5, 5.41) is 0. The molecule has 1 heterocycles. The van der Waals surface area contributed by atoms with E-state index in [1.165, 1.54) is 38.8 Å². The Hall–Kier alpha value is -0.120. The van der Waals surface area contributed by atoms with Crippen LogP contribution in [-0.4, -0.2) is 37.6 Å². The summed E-state index contributed by atoms with van der Waals surface area (Å²) in [5.41, 5.74) is 12.0. The summed E-state index contributed by atoms with van der Waals surface area (Å²) in [7, 11) is 0. The Morgan fingerprint density at radius 3 is 2.79 bits per heavy atom. The summed E-state index contributed by atoms with van der Waals surface area (Å²) in [5.74, 6) is 0.799. The molecule has 0 radical (unpaired) electrons. The van der Waals surface area contributed by atoms with E-state index in [1.807, 2.05) is 0 Å². The monoisotopic (exact) mass is 197 g/mol. The molecule has 0 unspecified atom stereocenters. The van der Waals surface area contributed by atoms with Gasteiger partial charge in [-0.3, -0.25) is 0 Å². The molecule has 4 N–H and O–H groups in total. The summed E-state index contributed by atoms with van der Waals surface area (Å²) in [6.45, 7) is 5.30. The highest BCUT2D eigenvalue weighted by Crippen LogP contribution is 2.47. The number of rotatable bonds is 3. The maximum absolute atomic E-state index is 5.74. The largest absolute Gasteiger partial charge is 0.330 e. The first-order valence-corrected chi connectivity index (χ1v) is 5.90. The van der Waals surface area contributed by atoms with Gasteiger partial charge in [-0.15, -0.1) is 0 Å². The van der Waals surface area contributed by atoms with Gasteiger partial charge in [0.25, 0.3) is 0 Å². The third-order valence-corrected chi connectivity index (χ3v) is 4.10. The smallest absolute Gasteiger partial charge is 0.0105 e. The Morgan fingerprint density at radius 1 is 1.29 bits per heavy atom. The van der Waals surface area contributed by atoms with Crippen LogP contribution in [0.15, 0.2) is 0 Å². The second-order valence-corrected chi connectivity index (χ2v) is 5.16. The third kappa shape index (κ3) is 1.95. The Morgan fingerprint density at radius 2 is 2.14 bits per heavy atom. The lowest BCUT2D eigenvalue weighted by Gasteiger charge is -2.24. The van der Waals surface area contributed by atoms with Gasteiger partial charge in [-0.1, -0.05) is 0 Å². The molecule has 3 nitrogen and oxygen atoms in total. The predicted molar refractivity (Wildman–Crippen MR) is 58.9 cm³/mol. The van der Waals surface area contributed by atoms with Crippen LogP contribution in [0.3, 0.4) is 0 Å². The normalized spacial score (nSPS) is 38.6. The van der Waals surface area contributed by atoms with Gasteiger partial charge >= 0.3 is 0 Å². The quantitative estimate of drug-likeness (QED) is 0.688. The molecule has 0 amide bonds. The molecule has 1 saturated heterocycles. The van der Waals surface area contributed by atoms with Gasteiger partial charge in [-0.05, 0) is 50.1 Å². The first-order valence-electron chi connectivity index (χ1n) is 5.90. The molecule has 0 aromatic heterocycles. The molecule has 2 aliphatic rings. The van der Waals surface area contributed by atoms with Crippen molar-refractivity contribution in [3.05, 3.63) is 0 Å². The number of likely N-dealkylation sites (tertiary alicyclic amines) is 1. The van der Waals surface area contributed by atoms with Gasteiger partial charge < -0.3 is 16.4 Å².